The Hall–Kier alpha value is -4.91. The Morgan fingerprint density at radius 2 is 1.45 bits per heavy atom. The minimum Gasteiger partial charge on any atom is -0.318 e. The van der Waals surface area contributed by atoms with Gasteiger partial charge in [-0.25, -0.2) is 9.37 Å². The van der Waals surface area contributed by atoms with E-state index in [4.69, 9.17) is 9.82 Å². The van der Waals surface area contributed by atoms with E-state index >= 15 is 4.39 Å². The first-order valence-corrected chi connectivity index (χ1v) is 17.3. The van der Waals surface area contributed by atoms with E-state index in [1.54, 1.807) is 24.3 Å². The number of allylic oxidation sites excluding steroid dienone is 1. The summed E-state index contributed by atoms with van der Waals surface area (Å²) in [4.78, 5) is 25.0. The molecule has 1 aromatic heterocycles. The van der Waals surface area contributed by atoms with Crippen LogP contribution in [0.2, 0.25) is 0 Å². The van der Waals surface area contributed by atoms with Crippen molar-refractivity contribution in [1.29, 1.82) is 0 Å². The van der Waals surface area contributed by atoms with Crippen LogP contribution in [0.25, 0.3) is 17.3 Å². The van der Waals surface area contributed by atoms with Gasteiger partial charge >= 0.3 is 0 Å². The van der Waals surface area contributed by atoms with Gasteiger partial charge in [-0.1, -0.05) is 109 Å². The highest BCUT2D eigenvalue weighted by Crippen LogP contribution is 2.57. The lowest BCUT2D eigenvalue weighted by atomic mass is 9.54. The Labute approximate surface area is 287 Å². The van der Waals surface area contributed by atoms with E-state index in [1.165, 1.54) is 6.07 Å². The Morgan fingerprint density at radius 1 is 0.857 bits per heavy atom. The second kappa shape index (κ2) is 12.8. The third-order valence-corrected chi connectivity index (χ3v) is 11.0. The molecule has 2 aliphatic heterocycles. The smallest absolute Gasteiger partial charge is 0.161 e. The van der Waals surface area contributed by atoms with Crippen LogP contribution in [0.3, 0.4) is 0 Å². The van der Waals surface area contributed by atoms with E-state index in [2.05, 4.69) is 89.0 Å². The van der Waals surface area contributed by atoms with Gasteiger partial charge < -0.3 is 4.57 Å². The number of aromatic nitrogens is 2. The maximum atomic E-state index is 15.7. The van der Waals surface area contributed by atoms with Gasteiger partial charge in [-0.05, 0) is 72.9 Å². The number of rotatable bonds is 11. The van der Waals surface area contributed by atoms with E-state index in [0.29, 0.717) is 29.3 Å². The molecule has 4 aromatic carbocycles. The minimum atomic E-state index is -0.740. The normalized spacial score (nSPS) is 23.2. The highest BCUT2D eigenvalue weighted by Gasteiger charge is 2.57. The molecular formula is C43H40FN3O2. The Bertz CT molecular complexity index is 1870. The van der Waals surface area contributed by atoms with Crippen LogP contribution in [0.15, 0.2) is 140 Å². The Morgan fingerprint density at radius 3 is 2.02 bits per heavy atom. The van der Waals surface area contributed by atoms with Gasteiger partial charge in [-0.2, -0.15) is 5.06 Å². The summed E-state index contributed by atoms with van der Waals surface area (Å²) in [6.07, 6.45) is 13.5. The molecular weight excluding hydrogens is 609 g/mol. The standard InChI is InChI=1S/C43H40FN3O2/c1-2-23-49-47-35-24-31-25-36(47)28-42(26-31,27-35)41(48)22-21-37-38(19-12-20-39(37)44)40-29-46(30-45-40)43(32-13-6-3-7-14-32,33-15-8-4-9-16-33)34-17-10-5-11-18-34/h2-22,29-31,35-36H,1,23-28H2/b22-21+. The molecule has 5 aromatic rings. The van der Waals surface area contributed by atoms with Crippen molar-refractivity contribution in [2.24, 2.45) is 11.3 Å². The van der Waals surface area contributed by atoms with E-state index in [1.807, 2.05) is 36.8 Å². The largest absolute Gasteiger partial charge is 0.318 e. The molecule has 0 amide bonds. The zero-order chi connectivity index (χ0) is 33.4. The summed E-state index contributed by atoms with van der Waals surface area (Å²) in [6, 6.07) is 36.7. The summed E-state index contributed by atoms with van der Waals surface area (Å²) in [5, 5.41) is 2.14. The molecule has 2 unspecified atom stereocenters. The fourth-order valence-corrected chi connectivity index (χ4v) is 9.14. The summed E-state index contributed by atoms with van der Waals surface area (Å²) in [5.41, 5.74) is 3.70. The average molecular weight is 650 g/mol. The highest BCUT2D eigenvalue weighted by atomic mass is 19.1. The van der Waals surface area contributed by atoms with E-state index in [9.17, 15) is 4.79 Å². The summed E-state index contributed by atoms with van der Waals surface area (Å²) in [5.74, 6) is 0.225. The number of hydroxylamine groups is 2. The van der Waals surface area contributed by atoms with Crippen LogP contribution < -0.4 is 0 Å². The first-order chi connectivity index (χ1) is 24.0. The number of ketones is 1. The second-order valence-electron chi connectivity index (χ2n) is 13.9. The van der Waals surface area contributed by atoms with Crippen molar-refractivity contribution in [2.75, 3.05) is 6.61 Å². The fourth-order valence-electron chi connectivity index (χ4n) is 9.14. The summed E-state index contributed by atoms with van der Waals surface area (Å²) >= 11 is 0. The van der Waals surface area contributed by atoms with Crippen LogP contribution >= 0.6 is 0 Å². The van der Waals surface area contributed by atoms with Crippen molar-refractivity contribution in [3.8, 4) is 11.3 Å². The van der Waals surface area contributed by atoms with Crippen molar-refractivity contribution in [2.45, 2.75) is 49.7 Å². The van der Waals surface area contributed by atoms with Gasteiger partial charge in [0.1, 0.15) is 11.4 Å². The molecule has 246 valence electrons. The first-order valence-electron chi connectivity index (χ1n) is 17.3. The number of hydrogen-bond acceptors (Lipinski definition) is 4. The summed E-state index contributed by atoms with van der Waals surface area (Å²) in [6.45, 7) is 4.28. The molecule has 4 aliphatic rings. The number of carbonyl (C=O) groups is 1. The van der Waals surface area contributed by atoms with Crippen LogP contribution in [0, 0.1) is 17.2 Å². The van der Waals surface area contributed by atoms with Gasteiger partial charge in [0, 0.05) is 34.8 Å². The SMILES string of the molecule is C=CCON1C2CC3CC1CC(C(=O)/C=C/c1c(F)cccc1-c1cn(C(c4ccccc4)(c4ccccc4)c4ccccc4)cn1)(C3)C2. The summed E-state index contributed by atoms with van der Waals surface area (Å²) < 4.78 is 17.9. The van der Waals surface area contributed by atoms with Crippen molar-refractivity contribution in [3.05, 3.63) is 169 Å². The number of hydrogen-bond donors (Lipinski definition) is 0. The molecule has 49 heavy (non-hydrogen) atoms. The van der Waals surface area contributed by atoms with Crippen molar-refractivity contribution >= 4 is 11.9 Å². The van der Waals surface area contributed by atoms with Gasteiger partial charge in [0.15, 0.2) is 5.78 Å². The van der Waals surface area contributed by atoms with Gasteiger partial charge in [-0.3, -0.25) is 9.63 Å². The van der Waals surface area contributed by atoms with E-state index in [-0.39, 0.29) is 23.7 Å². The lowest BCUT2D eigenvalue weighted by Gasteiger charge is -2.59. The van der Waals surface area contributed by atoms with Gasteiger partial charge in [0.25, 0.3) is 0 Å². The monoisotopic (exact) mass is 649 g/mol. The lowest BCUT2D eigenvalue weighted by molar-refractivity contribution is -0.271. The van der Waals surface area contributed by atoms with Crippen molar-refractivity contribution < 1.29 is 14.0 Å². The van der Waals surface area contributed by atoms with Crippen LogP contribution in [0.1, 0.15) is 54.4 Å². The molecule has 6 heteroatoms. The fraction of sp³-hybridized carbons (Fsp3) is 0.256. The molecule has 5 nitrogen and oxygen atoms in total. The third kappa shape index (κ3) is 5.40. The Balaban J connectivity index is 1.17. The van der Waals surface area contributed by atoms with E-state index in [0.717, 1.165) is 48.8 Å². The number of carbonyl (C=O) groups excluding carboxylic acids is 1. The number of halogens is 1. The molecule has 2 saturated carbocycles. The lowest BCUT2D eigenvalue weighted by Crippen LogP contribution is -2.63. The van der Waals surface area contributed by atoms with Crippen LogP contribution in [-0.4, -0.2) is 39.1 Å². The molecule has 3 heterocycles. The topological polar surface area (TPSA) is 47.4 Å². The zero-order valence-electron chi connectivity index (χ0n) is 27.5. The molecule has 0 spiro atoms. The maximum absolute atomic E-state index is 15.7. The molecule has 4 bridgehead atoms. The van der Waals surface area contributed by atoms with Gasteiger partial charge in [-0.15, -0.1) is 6.58 Å². The molecule has 2 aliphatic carbocycles. The summed E-state index contributed by atoms with van der Waals surface area (Å²) in [7, 11) is 0. The van der Waals surface area contributed by atoms with Crippen LogP contribution in [0.5, 0.6) is 0 Å². The number of benzene rings is 4. The maximum Gasteiger partial charge on any atom is 0.161 e. The molecule has 0 radical (unpaired) electrons. The zero-order valence-corrected chi connectivity index (χ0v) is 27.5. The minimum absolute atomic E-state index is 0.0891. The van der Waals surface area contributed by atoms with Crippen LogP contribution in [-0.2, 0) is 15.2 Å². The van der Waals surface area contributed by atoms with Crippen molar-refractivity contribution in [1.82, 2.24) is 14.6 Å². The third-order valence-electron chi connectivity index (χ3n) is 11.0. The van der Waals surface area contributed by atoms with Crippen molar-refractivity contribution in [3.63, 3.8) is 0 Å². The first kappa shape index (κ1) is 31.4. The average Bonchev–Trinajstić information content (AvgIpc) is 3.62. The predicted octanol–water partition coefficient (Wildman–Crippen LogP) is 8.86. The Kier molecular flexibility index (Phi) is 8.22. The van der Waals surface area contributed by atoms with Gasteiger partial charge in [0.2, 0.25) is 0 Å². The molecule has 0 N–H and O–H groups in total. The quantitative estimate of drug-likeness (QED) is 0.0815. The molecule has 4 fully saturated rings. The number of piperidine rings is 2. The molecule has 2 saturated heterocycles. The van der Waals surface area contributed by atoms with Gasteiger partial charge in [0.05, 0.1) is 18.6 Å². The highest BCUT2D eigenvalue weighted by molar-refractivity contribution is 5.99. The number of imidazole rings is 1. The second-order valence-corrected chi connectivity index (χ2v) is 13.9. The predicted molar refractivity (Wildman–Crippen MR) is 191 cm³/mol. The molecule has 2 atom stereocenters. The molecule has 9 rings (SSSR count). The van der Waals surface area contributed by atoms with Crippen LogP contribution in [0.4, 0.5) is 4.39 Å². The number of nitrogens with zero attached hydrogens (tertiary/aromatic N) is 3. The van der Waals surface area contributed by atoms with E-state index < -0.39 is 11.0 Å².